The van der Waals surface area contributed by atoms with Crippen LogP contribution < -0.4 is 4.72 Å². The van der Waals surface area contributed by atoms with Crippen molar-refractivity contribution in [3.8, 4) is 0 Å². The number of carbonyl (C=O) groups is 1. The third-order valence-corrected chi connectivity index (χ3v) is 4.50. The number of carboxylic acids is 1. The third kappa shape index (κ3) is 8.47. The first-order valence-electron chi connectivity index (χ1n) is 6.37. The molecule has 2 atom stereocenters. The Hall–Kier alpha value is -0.620. The second-order valence-electron chi connectivity index (χ2n) is 5.36. The van der Waals surface area contributed by atoms with Crippen molar-refractivity contribution < 1.29 is 18.3 Å². The van der Waals surface area contributed by atoms with Crippen molar-refractivity contribution in [2.24, 2.45) is 11.8 Å². The van der Waals surface area contributed by atoms with Gasteiger partial charge in [-0.25, -0.2) is 13.1 Å². The first-order valence-corrected chi connectivity index (χ1v) is 8.02. The third-order valence-electron chi connectivity index (χ3n) is 2.63. The molecule has 0 radical (unpaired) electrons. The van der Waals surface area contributed by atoms with Crippen LogP contribution in [0.4, 0.5) is 0 Å². The summed E-state index contributed by atoms with van der Waals surface area (Å²) in [4.78, 5) is 10.6. The number of rotatable bonds is 9. The molecule has 6 heteroatoms. The van der Waals surface area contributed by atoms with Crippen molar-refractivity contribution in [3.05, 3.63) is 0 Å². The average Bonchev–Trinajstić information content (AvgIpc) is 2.13. The van der Waals surface area contributed by atoms with Crippen LogP contribution in [0.15, 0.2) is 0 Å². The van der Waals surface area contributed by atoms with Gasteiger partial charge in [-0.1, -0.05) is 27.2 Å². The van der Waals surface area contributed by atoms with E-state index in [1.165, 1.54) is 0 Å². The highest BCUT2D eigenvalue weighted by Gasteiger charge is 2.17. The van der Waals surface area contributed by atoms with E-state index < -0.39 is 16.0 Å². The molecule has 0 aliphatic carbocycles. The molecule has 108 valence electrons. The van der Waals surface area contributed by atoms with E-state index in [0.29, 0.717) is 19.3 Å². The Kier molecular flexibility index (Phi) is 7.47. The maximum atomic E-state index is 11.7. The van der Waals surface area contributed by atoms with Gasteiger partial charge in [0, 0.05) is 6.04 Å². The molecule has 0 saturated carbocycles. The second kappa shape index (κ2) is 7.74. The van der Waals surface area contributed by atoms with Gasteiger partial charge in [0.25, 0.3) is 0 Å². The summed E-state index contributed by atoms with van der Waals surface area (Å²) in [5.41, 5.74) is 0. The number of hydrogen-bond acceptors (Lipinski definition) is 3. The van der Waals surface area contributed by atoms with E-state index in [1.54, 1.807) is 6.92 Å². The van der Waals surface area contributed by atoms with Crippen molar-refractivity contribution >= 4 is 16.0 Å². The van der Waals surface area contributed by atoms with Gasteiger partial charge in [-0.05, 0) is 25.7 Å². The first-order chi connectivity index (χ1) is 8.14. The Morgan fingerprint density at radius 3 is 2.17 bits per heavy atom. The summed E-state index contributed by atoms with van der Waals surface area (Å²) < 4.78 is 25.9. The van der Waals surface area contributed by atoms with Gasteiger partial charge in [0.05, 0.1) is 11.7 Å². The monoisotopic (exact) mass is 279 g/mol. The normalized spacial score (nSPS) is 15.6. The van der Waals surface area contributed by atoms with Crippen LogP contribution in [0.3, 0.4) is 0 Å². The van der Waals surface area contributed by atoms with E-state index in [0.717, 1.165) is 0 Å². The molecule has 2 N–H and O–H groups in total. The van der Waals surface area contributed by atoms with Crippen LogP contribution in [0.5, 0.6) is 0 Å². The van der Waals surface area contributed by atoms with Gasteiger partial charge in [-0.2, -0.15) is 0 Å². The molecule has 0 aromatic rings. The molecular weight excluding hydrogens is 254 g/mol. The van der Waals surface area contributed by atoms with Crippen molar-refractivity contribution in [2.75, 3.05) is 5.75 Å². The molecule has 0 spiro atoms. The minimum Gasteiger partial charge on any atom is -0.481 e. The van der Waals surface area contributed by atoms with Crippen molar-refractivity contribution in [1.29, 1.82) is 0 Å². The first kappa shape index (κ1) is 17.4. The smallest absolute Gasteiger partial charge is 0.306 e. The molecule has 0 aromatic carbocycles. The van der Waals surface area contributed by atoms with Crippen LogP contribution in [0.1, 0.15) is 47.0 Å². The lowest BCUT2D eigenvalue weighted by Crippen LogP contribution is -2.35. The number of carboxylic acid groups (broad SMARTS) is 1. The molecule has 0 rings (SSSR count). The molecule has 0 heterocycles. The zero-order valence-electron chi connectivity index (χ0n) is 11.6. The molecule has 2 unspecified atom stereocenters. The molecule has 0 aliphatic rings. The second-order valence-corrected chi connectivity index (χ2v) is 7.16. The fourth-order valence-corrected chi connectivity index (χ4v) is 3.41. The number of nitrogens with one attached hydrogen (secondary N) is 1. The van der Waals surface area contributed by atoms with Gasteiger partial charge in [0.2, 0.25) is 10.0 Å². The molecule has 0 saturated heterocycles. The molecular formula is C12H25NO4S. The van der Waals surface area contributed by atoms with Crippen LogP contribution in [-0.2, 0) is 14.8 Å². The summed E-state index contributed by atoms with van der Waals surface area (Å²) in [6.07, 6.45) is 1.94. The zero-order chi connectivity index (χ0) is 14.3. The van der Waals surface area contributed by atoms with Crippen LogP contribution in [0, 0.1) is 11.8 Å². The lowest BCUT2D eigenvalue weighted by molar-refractivity contribution is -0.141. The molecule has 0 amide bonds. The summed E-state index contributed by atoms with van der Waals surface area (Å²) in [6.45, 7) is 7.19. The standard InChI is InChI=1S/C12H25NO4S/c1-9(2)8-18(16,17)13-11(4)7-5-6-10(3)12(14)15/h9-11,13H,5-8H2,1-4H3,(H,14,15). The Morgan fingerprint density at radius 1 is 1.17 bits per heavy atom. The topological polar surface area (TPSA) is 83.5 Å². The highest BCUT2D eigenvalue weighted by molar-refractivity contribution is 7.89. The van der Waals surface area contributed by atoms with Crippen LogP contribution in [0.25, 0.3) is 0 Å². The van der Waals surface area contributed by atoms with Gasteiger partial charge in [0.15, 0.2) is 0 Å². The minimum absolute atomic E-state index is 0.0988. The highest BCUT2D eigenvalue weighted by Crippen LogP contribution is 2.10. The lowest BCUT2D eigenvalue weighted by Gasteiger charge is -2.15. The Morgan fingerprint density at radius 2 is 1.72 bits per heavy atom. The van der Waals surface area contributed by atoms with E-state index in [1.807, 2.05) is 20.8 Å². The fraction of sp³-hybridized carbons (Fsp3) is 0.917. The van der Waals surface area contributed by atoms with E-state index in [9.17, 15) is 13.2 Å². The van der Waals surface area contributed by atoms with Crippen LogP contribution in [-0.4, -0.2) is 31.3 Å². The molecule has 18 heavy (non-hydrogen) atoms. The van der Waals surface area contributed by atoms with Crippen LogP contribution >= 0.6 is 0 Å². The average molecular weight is 279 g/mol. The summed E-state index contributed by atoms with van der Waals surface area (Å²) >= 11 is 0. The van der Waals surface area contributed by atoms with E-state index in [4.69, 9.17) is 5.11 Å². The zero-order valence-corrected chi connectivity index (χ0v) is 12.5. The Labute approximate surface area is 110 Å². The predicted octanol–water partition coefficient (Wildman–Crippen LogP) is 1.84. The largest absolute Gasteiger partial charge is 0.481 e. The molecule has 0 fully saturated rings. The fourth-order valence-electron chi connectivity index (χ4n) is 1.71. The predicted molar refractivity (Wildman–Crippen MR) is 71.9 cm³/mol. The van der Waals surface area contributed by atoms with Gasteiger partial charge < -0.3 is 5.11 Å². The molecule has 0 aliphatic heterocycles. The number of sulfonamides is 1. The summed E-state index contributed by atoms with van der Waals surface area (Å²) in [7, 11) is -3.21. The molecule has 0 bridgehead atoms. The quantitative estimate of drug-likeness (QED) is 0.674. The van der Waals surface area contributed by atoms with E-state index in [2.05, 4.69) is 4.72 Å². The molecule has 0 aromatic heterocycles. The van der Waals surface area contributed by atoms with Crippen molar-refractivity contribution in [3.63, 3.8) is 0 Å². The van der Waals surface area contributed by atoms with E-state index in [-0.39, 0.29) is 23.6 Å². The minimum atomic E-state index is -3.21. The summed E-state index contributed by atoms with van der Waals surface area (Å²) in [6, 6.07) is -0.144. The summed E-state index contributed by atoms with van der Waals surface area (Å²) in [5, 5.41) is 8.72. The highest BCUT2D eigenvalue weighted by atomic mass is 32.2. The van der Waals surface area contributed by atoms with Crippen LogP contribution in [0.2, 0.25) is 0 Å². The number of aliphatic carboxylic acids is 1. The van der Waals surface area contributed by atoms with Crippen molar-refractivity contribution in [1.82, 2.24) is 4.72 Å². The van der Waals surface area contributed by atoms with Gasteiger partial charge in [0.1, 0.15) is 0 Å². The Balaban J connectivity index is 3.98. The summed E-state index contributed by atoms with van der Waals surface area (Å²) in [5.74, 6) is -0.947. The van der Waals surface area contributed by atoms with Gasteiger partial charge in [-0.15, -0.1) is 0 Å². The van der Waals surface area contributed by atoms with E-state index >= 15 is 0 Å². The van der Waals surface area contributed by atoms with Gasteiger partial charge >= 0.3 is 5.97 Å². The Bertz CT molecular complexity index is 351. The maximum Gasteiger partial charge on any atom is 0.306 e. The van der Waals surface area contributed by atoms with Gasteiger partial charge in [-0.3, -0.25) is 4.79 Å². The maximum absolute atomic E-state index is 11.7. The molecule has 5 nitrogen and oxygen atoms in total. The number of hydrogen-bond donors (Lipinski definition) is 2. The lowest BCUT2D eigenvalue weighted by atomic mass is 10.0. The SMILES string of the molecule is CC(C)CS(=O)(=O)NC(C)CCCC(C)C(=O)O. The van der Waals surface area contributed by atoms with Crippen molar-refractivity contribution in [2.45, 2.75) is 53.0 Å².